The molecule has 0 bridgehead atoms. The maximum atomic E-state index is 12.4. The van der Waals surface area contributed by atoms with Crippen molar-refractivity contribution < 1.29 is 9.72 Å². The van der Waals surface area contributed by atoms with Crippen LogP contribution >= 0.6 is 23.2 Å². The number of nitrogens with zero attached hydrogens (tertiary/aromatic N) is 3. The van der Waals surface area contributed by atoms with E-state index in [1.54, 1.807) is 41.3 Å². The zero-order valence-corrected chi connectivity index (χ0v) is 15.9. The summed E-state index contributed by atoms with van der Waals surface area (Å²) in [4.78, 5) is 26.6. The van der Waals surface area contributed by atoms with Gasteiger partial charge in [-0.25, -0.2) is 0 Å². The largest absolute Gasteiger partial charge is 0.368 e. The molecule has 140 valence electrons. The second-order valence-electron chi connectivity index (χ2n) is 6.06. The van der Waals surface area contributed by atoms with E-state index >= 15 is 0 Å². The van der Waals surface area contributed by atoms with Gasteiger partial charge in [-0.05, 0) is 29.8 Å². The van der Waals surface area contributed by atoms with Gasteiger partial charge in [0.2, 0.25) is 5.91 Å². The highest BCUT2D eigenvalue weighted by Crippen LogP contribution is 2.26. The first kappa shape index (κ1) is 19.2. The summed E-state index contributed by atoms with van der Waals surface area (Å²) >= 11 is 12.1. The number of carbonyl (C=O) groups is 1. The van der Waals surface area contributed by atoms with Crippen LogP contribution in [0, 0.1) is 10.1 Å². The van der Waals surface area contributed by atoms with Crippen molar-refractivity contribution in [2.45, 2.75) is 0 Å². The average molecular weight is 406 g/mol. The van der Waals surface area contributed by atoms with Gasteiger partial charge in [0.05, 0.1) is 15.0 Å². The number of nitro benzene ring substituents is 1. The molecule has 0 saturated carbocycles. The highest BCUT2D eigenvalue weighted by Gasteiger charge is 2.20. The molecular weight excluding hydrogens is 389 g/mol. The third kappa shape index (κ3) is 4.59. The van der Waals surface area contributed by atoms with Crippen LogP contribution in [0.1, 0.15) is 5.56 Å². The van der Waals surface area contributed by atoms with E-state index in [0.29, 0.717) is 41.8 Å². The van der Waals surface area contributed by atoms with Gasteiger partial charge in [-0.2, -0.15) is 0 Å². The lowest BCUT2D eigenvalue weighted by Crippen LogP contribution is -2.48. The number of rotatable bonds is 4. The molecule has 1 aliphatic heterocycles. The summed E-state index contributed by atoms with van der Waals surface area (Å²) in [5.41, 5.74) is 1.67. The molecule has 1 aliphatic rings. The van der Waals surface area contributed by atoms with Gasteiger partial charge in [-0.15, -0.1) is 0 Å². The van der Waals surface area contributed by atoms with Gasteiger partial charge in [0, 0.05) is 50.1 Å². The van der Waals surface area contributed by atoms with Gasteiger partial charge in [0.25, 0.3) is 5.69 Å². The summed E-state index contributed by atoms with van der Waals surface area (Å²) in [7, 11) is 0. The van der Waals surface area contributed by atoms with Crippen LogP contribution in [0.25, 0.3) is 6.08 Å². The predicted molar refractivity (Wildman–Crippen MR) is 107 cm³/mol. The minimum atomic E-state index is -0.418. The molecule has 1 fully saturated rings. The molecule has 1 saturated heterocycles. The fourth-order valence-corrected chi connectivity index (χ4v) is 3.26. The van der Waals surface area contributed by atoms with Crippen LogP contribution in [0.5, 0.6) is 0 Å². The molecule has 0 atom stereocenters. The highest BCUT2D eigenvalue weighted by atomic mass is 35.5. The fourth-order valence-electron chi connectivity index (χ4n) is 2.89. The Bertz CT molecular complexity index is 876. The zero-order chi connectivity index (χ0) is 19.4. The van der Waals surface area contributed by atoms with E-state index < -0.39 is 4.92 Å². The second-order valence-corrected chi connectivity index (χ2v) is 6.85. The van der Waals surface area contributed by atoms with Crippen LogP contribution in [-0.2, 0) is 4.79 Å². The lowest BCUT2D eigenvalue weighted by atomic mass is 10.2. The van der Waals surface area contributed by atoms with Crippen LogP contribution < -0.4 is 4.90 Å². The van der Waals surface area contributed by atoms with Crippen molar-refractivity contribution in [2.24, 2.45) is 0 Å². The number of nitro groups is 1. The molecule has 2 aromatic rings. The van der Waals surface area contributed by atoms with Crippen LogP contribution in [0.3, 0.4) is 0 Å². The third-order valence-electron chi connectivity index (χ3n) is 4.40. The van der Waals surface area contributed by atoms with Crippen molar-refractivity contribution in [1.29, 1.82) is 0 Å². The van der Waals surface area contributed by atoms with E-state index in [1.807, 2.05) is 0 Å². The molecule has 0 radical (unpaired) electrons. The van der Waals surface area contributed by atoms with Gasteiger partial charge in [0.15, 0.2) is 0 Å². The molecule has 0 N–H and O–H groups in total. The summed E-state index contributed by atoms with van der Waals surface area (Å²) < 4.78 is 0. The number of piperazine rings is 1. The number of anilines is 1. The van der Waals surface area contributed by atoms with E-state index in [9.17, 15) is 14.9 Å². The van der Waals surface area contributed by atoms with Crippen molar-refractivity contribution in [3.05, 3.63) is 74.3 Å². The van der Waals surface area contributed by atoms with Gasteiger partial charge in [-0.1, -0.05) is 35.3 Å². The van der Waals surface area contributed by atoms with E-state index in [4.69, 9.17) is 23.2 Å². The Hall–Kier alpha value is -2.57. The maximum Gasteiger partial charge on any atom is 0.269 e. The number of benzene rings is 2. The molecular formula is C19H17Cl2N3O3. The number of hydrogen-bond acceptors (Lipinski definition) is 4. The molecule has 1 amide bonds. The first-order valence-electron chi connectivity index (χ1n) is 8.36. The third-order valence-corrected chi connectivity index (χ3v) is 5.24. The van der Waals surface area contributed by atoms with E-state index in [1.165, 1.54) is 18.2 Å². The predicted octanol–water partition coefficient (Wildman–Crippen LogP) is 4.26. The van der Waals surface area contributed by atoms with Crippen molar-refractivity contribution in [1.82, 2.24) is 4.90 Å². The lowest BCUT2D eigenvalue weighted by molar-refractivity contribution is -0.384. The van der Waals surface area contributed by atoms with Crippen molar-refractivity contribution >= 4 is 46.6 Å². The molecule has 1 heterocycles. The average Bonchev–Trinajstić information content (AvgIpc) is 2.69. The zero-order valence-electron chi connectivity index (χ0n) is 14.3. The molecule has 0 aromatic heterocycles. The Morgan fingerprint density at radius 1 is 1.04 bits per heavy atom. The standard InChI is InChI=1S/C19H17Cl2N3O3/c20-17-3-1-2-14(19(17)21)4-9-18(25)23-12-10-22(11-13-23)15-5-7-16(8-6-15)24(26)27/h1-9H,10-13H2/b9-4+. The van der Waals surface area contributed by atoms with Crippen LogP contribution in [0.15, 0.2) is 48.5 Å². The minimum absolute atomic E-state index is 0.0670. The van der Waals surface area contributed by atoms with E-state index in [2.05, 4.69) is 4.90 Å². The molecule has 27 heavy (non-hydrogen) atoms. The first-order valence-corrected chi connectivity index (χ1v) is 9.11. The van der Waals surface area contributed by atoms with E-state index in [-0.39, 0.29) is 11.6 Å². The number of hydrogen-bond donors (Lipinski definition) is 0. The summed E-state index contributed by atoms with van der Waals surface area (Å²) in [5, 5.41) is 11.6. The molecule has 6 nitrogen and oxygen atoms in total. The van der Waals surface area contributed by atoms with Crippen LogP contribution in [-0.4, -0.2) is 41.9 Å². The monoisotopic (exact) mass is 405 g/mol. The Morgan fingerprint density at radius 2 is 1.70 bits per heavy atom. The lowest BCUT2D eigenvalue weighted by Gasteiger charge is -2.35. The number of carbonyl (C=O) groups excluding carboxylic acids is 1. The number of non-ortho nitro benzene ring substituents is 1. The Labute approximate surface area is 166 Å². The Morgan fingerprint density at radius 3 is 2.33 bits per heavy atom. The van der Waals surface area contributed by atoms with E-state index in [0.717, 1.165) is 5.69 Å². The van der Waals surface area contributed by atoms with Gasteiger partial charge in [0.1, 0.15) is 0 Å². The molecule has 8 heteroatoms. The van der Waals surface area contributed by atoms with Crippen molar-refractivity contribution in [3.63, 3.8) is 0 Å². The smallest absolute Gasteiger partial charge is 0.269 e. The quantitative estimate of drug-likeness (QED) is 0.432. The highest BCUT2D eigenvalue weighted by molar-refractivity contribution is 6.42. The first-order chi connectivity index (χ1) is 13.0. The second kappa shape index (κ2) is 8.41. The maximum absolute atomic E-state index is 12.4. The summed E-state index contributed by atoms with van der Waals surface area (Å²) in [5.74, 6) is -0.0885. The van der Waals surface area contributed by atoms with Gasteiger partial charge >= 0.3 is 0 Å². The summed E-state index contributed by atoms with van der Waals surface area (Å²) in [6, 6.07) is 11.7. The molecule has 0 spiro atoms. The Kier molecular flexibility index (Phi) is 5.98. The van der Waals surface area contributed by atoms with Crippen LogP contribution in [0.4, 0.5) is 11.4 Å². The van der Waals surface area contributed by atoms with Crippen molar-refractivity contribution in [3.8, 4) is 0 Å². The van der Waals surface area contributed by atoms with Gasteiger partial charge in [-0.3, -0.25) is 14.9 Å². The molecule has 3 rings (SSSR count). The fraction of sp³-hybridized carbons (Fsp3) is 0.211. The molecule has 2 aromatic carbocycles. The Balaban J connectivity index is 1.58. The normalized spacial score (nSPS) is 14.6. The van der Waals surface area contributed by atoms with Gasteiger partial charge < -0.3 is 9.80 Å². The van der Waals surface area contributed by atoms with Crippen LogP contribution in [0.2, 0.25) is 10.0 Å². The topological polar surface area (TPSA) is 66.7 Å². The van der Waals surface area contributed by atoms with Crippen molar-refractivity contribution in [2.75, 3.05) is 31.1 Å². The number of amides is 1. The molecule has 0 unspecified atom stereocenters. The molecule has 0 aliphatic carbocycles. The SMILES string of the molecule is O=C(/C=C/c1cccc(Cl)c1Cl)N1CCN(c2ccc([N+](=O)[O-])cc2)CC1. The summed E-state index contributed by atoms with van der Waals surface area (Å²) in [6.45, 7) is 2.47. The number of halogens is 2. The minimum Gasteiger partial charge on any atom is -0.368 e. The summed E-state index contributed by atoms with van der Waals surface area (Å²) in [6.07, 6.45) is 3.17.